The fourth-order valence-electron chi connectivity index (χ4n) is 0.432. The molecular weight excluding hydrogens is 161 g/mol. The van der Waals surface area contributed by atoms with Gasteiger partial charge in [-0.05, 0) is 6.07 Å². The van der Waals surface area contributed by atoms with Gasteiger partial charge in [0, 0.05) is 6.20 Å². The van der Waals surface area contributed by atoms with Crippen LogP contribution in [0.25, 0.3) is 0 Å². The van der Waals surface area contributed by atoms with Crippen LogP contribution in [0.15, 0.2) is 12.3 Å². The maximum atomic E-state index is 12.4. The number of rotatable bonds is 0. The summed E-state index contributed by atoms with van der Waals surface area (Å²) < 4.78 is 12.4. The van der Waals surface area contributed by atoms with E-state index >= 15 is 0 Å². The molecule has 0 bridgehead atoms. The highest BCUT2D eigenvalue weighted by Crippen LogP contribution is 2.07. The van der Waals surface area contributed by atoms with Crippen molar-refractivity contribution < 1.29 is 4.39 Å². The lowest BCUT2D eigenvalue weighted by atomic mass is 10.5. The van der Waals surface area contributed by atoms with E-state index in [9.17, 15) is 4.39 Å². The average molecular weight is 164 g/mol. The van der Waals surface area contributed by atoms with E-state index in [0.29, 0.717) is 5.02 Å². The monoisotopic (exact) mass is 163 g/mol. The number of halogens is 2. The number of aromatic amines is 1. The summed E-state index contributed by atoms with van der Waals surface area (Å²) in [6.45, 7) is 0. The molecule has 0 fully saturated rings. The summed E-state index contributed by atoms with van der Waals surface area (Å²) >= 11 is 9.92. The molecule has 1 nitrogen and oxygen atoms in total. The van der Waals surface area contributed by atoms with Gasteiger partial charge in [0.15, 0.2) is 5.82 Å². The Hall–Kier alpha value is -0.410. The quantitative estimate of drug-likeness (QED) is 0.582. The lowest BCUT2D eigenvalue weighted by Crippen LogP contribution is -1.79. The summed E-state index contributed by atoms with van der Waals surface area (Å²) in [5, 5.41) is 0.320. The van der Waals surface area contributed by atoms with E-state index in [1.807, 2.05) is 0 Å². The molecule has 9 heavy (non-hydrogen) atoms. The van der Waals surface area contributed by atoms with Gasteiger partial charge in [0.1, 0.15) is 4.64 Å². The Bertz CT molecular complexity index is 270. The van der Waals surface area contributed by atoms with Crippen molar-refractivity contribution in [2.24, 2.45) is 0 Å². The van der Waals surface area contributed by atoms with Gasteiger partial charge in [0.05, 0.1) is 5.02 Å². The predicted molar refractivity (Wildman–Crippen MR) is 36.6 cm³/mol. The molecule has 0 radical (unpaired) electrons. The van der Waals surface area contributed by atoms with Crippen molar-refractivity contribution in [3.8, 4) is 0 Å². The van der Waals surface area contributed by atoms with Gasteiger partial charge in [0.2, 0.25) is 0 Å². The highest BCUT2D eigenvalue weighted by atomic mass is 35.5. The molecule has 1 N–H and O–H groups in total. The normalized spacial score (nSPS) is 9.56. The standard InChI is InChI=1S/C5H3ClFNS/c6-3-1-4(7)5(9)8-2-3/h1-2H,(H,8,9). The molecule has 0 aromatic carbocycles. The molecule has 0 saturated carbocycles. The van der Waals surface area contributed by atoms with E-state index in [4.69, 9.17) is 11.6 Å². The number of hydrogen-bond donors (Lipinski definition) is 1. The molecule has 0 atom stereocenters. The first-order valence-corrected chi connectivity index (χ1v) is 3.02. The molecule has 4 heteroatoms. The summed E-state index contributed by atoms with van der Waals surface area (Å²) in [7, 11) is 0. The molecule has 0 spiro atoms. The smallest absolute Gasteiger partial charge is 0.159 e. The van der Waals surface area contributed by atoms with E-state index in [-0.39, 0.29) is 4.64 Å². The van der Waals surface area contributed by atoms with Crippen LogP contribution >= 0.6 is 23.8 Å². The molecule has 0 aliphatic carbocycles. The first-order chi connectivity index (χ1) is 4.20. The summed E-state index contributed by atoms with van der Waals surface area (Å²) in [5.74, 6) is -0.488. The second-order valence-corrected chi connectivity index (χ2v) is 2.34. The largest absolute Gasteiger partial charge is 0.349 e. The van der Waals surface area contributed by atoms with E-state index in [1.54, 1.807) is 0 Å². The zero-order valence-electron chi connectivity index (χ0n) is 4.32. The van der Waals surface area contributed by atoms with E-state index in [1.165, 1.54) is 12.3 Å². The Morgan fingerprint density at radius 1 is 1.67 bits per heavy atom. The van der Waals surface area contributed by atoms with Gasteiger partial charge in [-0.15, -0.1) is 0 Å². The van der Waals surface area contributed by atoms with Crippen molar-refractivity contribution in [2.45, 2.75) is 0 Å². The van der Waals surface area contributed by atoms with Gasteiger partial charge in [-0.2, -0.15) is 0 Å². The minimum absolute atomic E-state index is 0.0828. The van der Waals surface area contributed by atoms with Crippen LogP contribution in [-0.4, -0.2) is 4.98 Å². The van der Waals surface area contributed by atoms with Crippen molar-refractivity contribution in [1.29, 1.82) is 0 Å². The zero-order valence-corrected chi connectivity index (χ0v) is 5.89. The number of H-pyrrole nitrogens is 1. The summed E-state index contributed by atoms with van der Waals surface area (Å²) in [4.78, 5) is 2.48. The van der Waals surface area contributed by atoms with Gasteiger partial charge in [0.25, 0.3) is 0 Å². The fourth-order valence-corrected chi connectivity index (χ4v) is 0.700. The van der Waals surface area contributed by atoms with E-state index in [0.717, 1.165) is 0 Å². The molecule has 0 aliphatic rings. The van der Waals surface area contributed by atoms with Crippen LogP contribution < -0.4 is 0 Å². The van der Waals surface area contributed by atoms with Gasteiger partial charge in [-0.1, -0.05) is 23.8 Å². The Morgan fingerprint density at radius 3 is 2.78 bits per heavy atom. The molecule has 0 aliphatic heterocycles. The average Bonchev–Trinajstić information content (AvgIpc) is 1.80. The molecule has 0 unspecified atom stereocenters. The third kappa shape index (κ3) is 1.50. The van der Waals surface area contributed by atoms with Gasteiger partial charge in [-0.3, -0.25) is 0 Å². The van der Waals surface area contributed by atoms with Crippen LogP contribution in [0.4, 0.5) is 4.39 Å². The van der Waals surface area contributed by atoms with Crippen molar-refractivity contribution >= 4 is 23.8 Å². The highest BCUT2D eigenvalue weighted by molar-refractivity contribution is 7.71. The number of pyridine rings is 1. The van der Waals surface area contributed by atoms with Gasteiger partial charge < -0.3 is 4.98 Å². The van der Waals surface area contributed by atoms with Crippen LogP contribution in [0.1, 0.15) is 0 Å². The summed E-state index contributed by atoms with van der Waals surface area (Å²) in [5.41, 5.74) is 0. The molecule has 1 aromatic rings. The van der Waals surface area contributed by atoms with Crippen LogP contribution in [0.5, 0.6) is 0 Å². The predicted octanol–water partition coefficient (Wildman–Crippen LogP) is 2.54. The van der Waals surface area contributed by atoms with Gasteiger partial charge >= 0.3 is 0 Å². The van der Waals surface area contributed by atoms with Crippen LogP contribution in [0.3, 0.4) is 0 Å². The van der Waals surface area contributed by atoms with Crippen molar-refractivity contribution in [3.05, 3.63) is 27.7 Å². The number of hydrogen-bond acceptors (Lipinski definition) is 1. The Balaban J connectivity index is 3.34. The van der Waals surface area contributed by atoms with Gasteiger partial charge in [-0.25, -0.2) is 4.39 Å². The number of aromatic nitrogens is 1. The summed E-state index contributed by atoms with van der Waals surface area (Å²) in [6, 6.07) is 1.17. The fraction of sp³-hybridized carbons (Fsp3) is 0. The second kappa shape index (κ2) is 2.45. The molecule has 1 aromatic heterocycles. The van der Waals surface area contributed by atoms with E-state index < -0.39 is 5.82 Å². The van der Waals surface area contributed by atoms with Crippen LogP contribution in [0.2, 0.25) is 5.02 Å². The molecule has 0 saturated heterocycles. The first-order valence-electron chi connectivity index (χ1n) is 2.24. The maximum Gasteiger partial charge on any atom is 0.159 e. The van der Waals surface area contributed by atoms with Crippen molar-refractivity contribution in [1.82, 2.24) is 4.98 Å². The SMILES string of the molecule is Fc1cc(Cl)c[nH]c1=S. The topological polar surface area (TPSA) is 15.8 Å². The number of nitrogens with one attached hydrogen (secondary N) is 1. The Morgan fingerprint density at radius 2 is 2.33 bits per heavy atom. The van der Waals surface area contributed by atoms with Crippen molar-refractivity contribution in [3.63, 3.8) is 0 Å². The third-order valence-corrected chi connectivity index (χ3v) is 1.35. The zero-order chi connectivity index (χ0) is 6.85. The second-order valence-electron chi connectivity index (χ2n) is 1.49. The third-order valence-electron chi connectivity index (χ3n) is 0.823. The van der Waals surface area contributed by atoms with Crippen LogP contribution in [0, 0.1) is 10.5 Å². The van der Waals surface area contributed by atoms with Crippen molar-refractivity contribution in [2.75, 3.05) is 0 Å². The minimum atomic E-state index is -0.488. The summed E-state index contributed by atoms with van der Waals surface area (Å²) in [6.07, 6.45) is 1.44. The Kier molecular flexibility index (Phi) is 1.83. The van der Waals surface area contributed by atoms with E-state index in [2.05, 4.69) is 17.2 Å². The molecule has 1 heterocycles. The molecular formula is C5H3ClFNS. The first kappa shape index (κ1) is 6.71. The minimum Gasteiger partial charge on any atom is -0.349 e. The van der Waals surface area contributed by atoms with Crippen LogP contribution in [-0.2, 0) is 0 Å². The molecule has 1 rings (SSSR count). The lowest BCUT2D eigenvalue weighted by Gasteiger charge is -1.88. The Labute approximate surface area is 61.5 Å². The highest BCUT2D eigenvalue weighted by Gasteiger charge is 1.92. The molecule has 48 valence electrons. The molecule has 0 amide bonds. The maximum absolute atomic E-state index is 12.4. The lowest BCUT2D eigenvalue weighted by molar-refractivity contribution is 0.616.